The number of ketones is 1. The molecule has 0 aliphatic carbocycles. The van der Waals surface area contributed by atoms with Crippen LogP contribution >= 0.6 is 0 Å². The zero-order chi connectivity index (χ0) is 25.1. The summed E-state index contributed by atoms with van der Waals surface area (Å²) >= 11 is 0. The first kappa shape index (κ1) is 23.8. The van der Waals surface area contributed by atoms with E-state index in [-0.39, 0.29) is 12.2 Å². The van der Waals surface area contributed by atoms with Crippen molar-refractivity contribution >= 4 is 28.2 Å². The lowest BCUT2D eigenvalue weighted by Gasteiger charge is -2.33. The van der Waals surface area contributed by atoms with Gasteiger partial charge in [-0.1, -0.05) is 0 Å². The molecule has 184 valence electrons. The average Bonchev–Trinajstić information content (AvgIpc) is 2.88. The topological polar surface area (TPSA) is 87.1 Å². The van der Waals surface area contributed by atoms with Crippen molar-refractivity contribution in [1.29, 1.82) is 0 Å². The van der Waals surface area contributed by atoms with Crippen LogP contribution in [-0.4, -0.2) is 69.9 Å². The normalized spacial score (nSPS) is 14.4. The van der Waals surface area contributed by atoms with Gasteiger partial charge in [0, 0.05) is 84.8 Å². The zero-order valence-corrected chi connectivity index (χ0v) is 21.0. The van der Waals surface area contributed by atoms with Gasteiger partial charge in [-0.2, -0.15) is 0 Å². The standard InChI is InChI=1S/C28H31N7O/c1-19(2)33-25-12-23(15-29-17-25)22-10-21-11-24(31-18-26(21)32-16-22)14-27(36)20-4-5-30-28(13-20)35-8-6-34(3)7-9-35/h4-5,10-13,15-19,33H,6-9,14H2,1-3H3. The minimum Gasteiger partial charge on any atom is -0.382 e. The van der Waals surface area contributed by atoms with E-state index in [0.29, 0.717) is 11.6 Å². The van der Waals surface area contributed by atoms with E-state index >= 15 is 0 Å². The second kappa shape index (κ2) is 10.4. The quantitative estimate of drug-likeness (QED) is 0.395. The summed E-state index contributed by atoms with van der Waals surface area (Å²) in [5.74, 6) is 0.887. The van der Waals surface area contributed by atoms with Crippen LogP contribution in [0.3, 0.4) is 0 Å². The van der Waals surface area contributed by atoms with Crippen LogP contribution in [0.25, 0.3) is 22.0 Å². The van der Waals surface area contributed by atoms with E-state index in [2.05, 4.69) is 68.1 Å². The van der Waals surface area contributed by atoms with Gasteiger partial charge in [0.15, 0.2) is 5.78 Å². The molecule has 4 aromatic heterocycles. The molecule has 1 aliphatic heterocycles. The molecule has 5 heterocycles. The van der Waals surface area contributed by atoms with E-state index in [1.54, 1.807) is 18.5 Å². The van der Waals surface area contributed by atoms with E-state index in [4.69, 9.17) is 0 Å². The van der Waals surface area contributed by atoms with Crippen LogP contribution in [0.4, 0.5) is 11.5 Å². The lowest BCUT2D eigenvalue weighted by atomic mass is 10.0. The van der Waals surface area contributed by atoms with Crippen molar-refractivity contribution in [1.82, 2.24) is 24.8 Å². The van der Waals surface area contributed by atoms with Crippen molar-refractivity contribution in [2.24, 2.45) is 0 Å². The van der Waals surface area contributed by atoms with Gasteiger partial charge in [0.1, 0.15) is 5.82 Å². The molecule has 4 aromatic rings. The van der Waals surface area contributed by atoms with Crippen LogP contribution in [0.1, 0.15) is 29.9 Å². The number of carbonyl (C=O) groups is 1. The maximum absolute atomic E-state index is 13.1. The number of pyridine rings is 4. The number of carbonyl (C=O) groups excluding carboxylic acids is 1. The first-order chi connectivity index (χ1) is 17.4. The molecule has 1 saturated heterocycles. The third kappa shape index (κ3) is 5.49. The minimum absolute atomic E-state index is 0.0282. The average molecular weight is 482 g/mol. The number of anilines is 2. The Bertz CT molecular complexity index is 1380. The van der Waals surface area contributed by atoms with Crippen LogP contribution in [-0.2, 0) is 6.42 Å². The number of nitrogens with one attached hydrogen (secondary N) is 1. The highest BCUT2D eigenvalue weighted by Gasteiger charge is 2.17. The van der Waals surface area contributed by atoms with Crippen LogP contribution in [0.5, 0.6) is 0 Å². The van der Waals surface area contributed by atoms with Crippen LogP contribution < -0.4 is 10.2 Å². The predicted octanol–water partition coefficient (Wildman–Crippen LogP) is 4.08. The fourth-order valence-corrected chi connectivity index (χ4v) is 4.41. The van der Waals surface area contributed by atoms with Gasteiger partial charge in [-0.25, -0.2) is 4.98 Å². The molecular formula is C28H31N7O. The highest BCUT2D eigenvalue weighted by molar-refractivity contribution is 5.98. The monoisotopic (exact) mass is 481 g/mol. The second-order valence-corrected chi connectivity index (χ2v) is 9.65. The molecule has 0 spiro atoms. The highest BCUT2D eigenvalue weighted by Crippen LogP contribution is 2.25. The Morgan fingerprint density at radius 2 is 1.75 bits per heavy atom. The number of hydrogen-bond donors (Lipinski definition) is 1. The summed E-state index contributed by atoms with van der Waals surface area (Å²) < 4.78 is 0. The van der Waals surface area contributed by atoms with Crippen LogP contribution in [0.15, 0.2) is 61.3 Å². The lowest BCUT2D eigenvalue weighted by Crippen LogP contribution is -2.44. The van der Waals surface area contributed by atoms with Gasteiger partial charge < -0.3 is 15.1 Å². The largest absolute Gasteiger partial charge is 0.382 e. The molecular weight excluding hydrogens is 450 g/mol. The summed E-state index contributed by atoms with van der Waals surface area (Å²) in [6.45, 7) is 8.00. The van der Waals surface area contributed by atoms with Crippen molar-refractivity contribution < 1.29 is 4.79 Å². The fourth-order valence-electron chi connectivity index (χ4n) is 4.41. The minimum atomic E-state index is 0.0282. The Labute approximate surface area is 211 Å². The zero-order valence-electron chi connectivity index (χ0n) is 21.0. The van der Waals surface area contributed by atoms with Crippen molar-refractivity contribution in [2.45, 2.75) is 26.3 Å². The van der Waals surface area contributed by atoms with E-state index in [1.165, 1.54) is 0 Å². The van der Waals surface area contributed by atoms with E-state index in [1.807, 2.05) is 30.7 Å². The van der Waals surface area contributed by atoms with Crippen molar-refractivity contribution in [3.63, 3.8) is 0 Å². The van der Waals surface area contributed by atoms with Crippen LogP contribution in [0, 0.1) is 0 Å². The van der Waals surface area contributed by atoms with Gasteiger partial charge >= 0.3 is 0 Å². The molecule has 1 aliphatic rings. The number of likely N-dealkylation sites (N-methyl/N-ethyl adjacent to an activating group) is 1. The summed E-state index contributed by atoms with van der Waals surface area (Å²) in [6, 6.07) is 10.1. The number of fused-ring (bicyclic) bond motifs is 1. The van der Waals surface area contributed by atoms with E-state index in [0.717, 1.165) is 65.4 Å². The van der Waals surface area contributed by atoms with Gasteiger partial charge in [-0.05, 0) is 51.2 Å². The smallest absolute Gasteiger partial charge is 0.169 e. The third-order valence-corrected chi connectivity index (χ3v) is 6.39. The maximum atomic E-state index is 13.1. The first-order valence-corrected chi connectivity index (χ1v) is 12.3. The summed E-state index contributed by atoms with van der Waals surface area (Å²) in [7, 11) is 2.12. The molecule has 0 atom stereocenters. The number of Topliss-reactive ketones (excluding diaryl/α,β-unsaturated/α-hetero) is 1. The van der Waals surface area contributed by atoms with Crippen molar-refractivity contribution in [2.75, 3.05) is 43.4 Å². The molecule has 0 bridgehead atoms. The molecule has 36 heavy (non-hydrogen) atoms. The predicted molar refractivity (Wildman–Crippen MR) is 144 cm³/mol. The molecule has 5 rings (SSSR count). The molecule has 8 nitrogen and oxygen atoms in total. The van der Waals surface area contributed by atoms with Crippen molar-refractivity contribution in [3.05, 3.63) is 72.6 Å². The van der Waals surface area contributed by atoms with Gasteiger partial charge in [-0.15, -0.1) is 0 Å². The van der Waals surface area contributed by atoms with Gasteiger partial charge in [0.25, 0.3) is 0 Å². The Morgan fingerprint density at radius 1 is 0.944 bits per heavy atom. The van der Waals surface area contributed by atoms with Gasteiger partial charge in [0.2, 0.25) is 0 Å². The Balaban J connectivity index is 1.35. The summed E-state index contributed by atoms with van der Waals surface area (Å²) in [5.41, 5.74) is 5.10. The maximum Gasteiger partial charge on any atom is 0.169 e. The SMILES string of the molecule is CC(C)Nc1cncc(-c2cnc3cnc(CC(=O)c4ccnc(N5CCN(C)CC5)c4)cc3c2)c1. The first-order valence-electron chi connectivity index (χ1n) is 12.3. The Hall–Kier alpha value is -3.91. The molecule has 8 heteroatoms. The van der Waals surface area contributed by atoms with Crippen molar-refractivity contribution in [3.8, 4) is 11.1 Å². The molecule has 0 unspecified atom stereocenters. The number of aromatic nitrogens is 4. The van der Waals surface area contributed by atoms with Crippen LogP contribution in [0.2, 0.25) is 0 Å². The molecule has 1 fully saturated rings. The second-order valence-electron chi connectivity index (χ2n) is 9.65. The van der Waals surface area contributed by atoms with E-state index in [9.17, 15) is 4.79 Å². The molecule has 0 aromatic carbocycles. The van der Waals surface area contributed by atoms with E-state index < -0.39 is 0 Å². The number of nitrogens with zero attached hydrogens (tertiary/aromatic N) is 6. The molecule has 1 N–H and O–H groups in total. The third-order valence-electron chi connectivity index (χ3n) is 6.39. The molecule has 0 radical (unpaired) electrons. The Morgan fingerprint density at radius 3 is 2.56 bits per heavy atom. The highest BCUT2D eigenvalue weighted by atomic mass is 16.1. The summed E-state index contributed by atoms with van der Waals surface area (Å²) in [5, 5.41) is 4.33. The number of piperazine rings is 1. The summed E-state index contributed by atoms with van der Waals surface area (Å²) in [6.07, 6.45) is 9.17. The lowest BCUT2D eigenvalue weighted by molar-refractivity contribution is 0.0992. The van der Waals surface area contributed by atoms with Gasteiger partial charge in [-0.3, -0.25) is 19.7 Å². The Kier molecular flexibility index (Phi) is 6.86. The molecule has 0 saturated carbocycles. The summed E-state index contributed by atoms with van der Waals surface area (Å²) in [4.78, 5) is 35.6. The number of rotatable bonds is 7. The fraction of sp³-hybridized carbons (Fsp3) is 0.321. The van der Waals surface area contributed by atoms with Gasteiger partial charge in [0.05, 0.1) is 23.8 Å². The number of hydrogen-bond acceptors (Lipinski definition) is 8. The molecule has 0 amide bonds.